The molecule has 1 aromatic carbocycles. The summed E-state index contributed by atoms with van der Waals surface area (Å²) < 4.78 is 5.45. The van der Waals surface area contributed by atoms with Crippen molar-refractivity contribution in [3.8, 4) is 0 Å². The number of ether oxygens (including phenoxy) is 1. The summed E-state index contributed by atoms with van der Waals surface area (Å²) in [5.41, 5.74) is 1.31. The topological polar surface area (TPSA) is 32.8 Å². The highest BCUT2D eigenvalue weighted by molar-refractivity contribution is 6.30. The van der Waals surface area contributed by atoms with Gasteiger partial charge in [0.05, 0.1) is 13.0 Å². The average molecular weight is 351 g/mol. The fourth-order valence-electron chi connectivity index (χ4n) is 4.43. The van der Waals surface area contributed by atoms with E-state index in [-0.39, 0.29) is 5.91 Å². The standard InChI is InChI=1S/C19H27ClN2O2/c1-21-12-16(13-24-2)19(14-21)6-8-22(9-7-19)18(23)11-15-4-3-5-17(20)10-15/h3-5,10,16H,6-9,11-14H2,1-2H3. The maximum atomic E-state index is 12.6. The summed E-state index contributed by atoms with van der Waals surface area (Å²) in [7, 11) is 3.98. The Hall–Kier alpha value is -1.10. The summed E-state index contributed by atoms with van der Waals surface area (Å²) in [6, 6.07) is 7.59. The number of carbonyl (C=O) groups excluding carboxylic acids is 1. The molecule has 0 radical (unpaired) electrons. The predicted octanol–water partition coefficient (Wildman–Crippen LogP) is 2.70. The molecule has 1 atom stereocenters. The maximum absolute atomic E-state index is 12.6. The third-order valence-corrected chi connectivity index (χ3v) is 5.94. The number of hydrogen-bond donors (Lipinski definition) is 0. The van der Waals surface area contributed by atoms with Crippen LogP contribution in [0, 0.1) is 11.3 Å². The SMILES string of the molecule is COCC1CN(C)CC12CCN(C(=O)Cc1cccc(Cl)c1)CC2. The molecule has 2 fully saturated rings. The summed E-state index contributed by atoms with van der Waals surface area (Å²) in [5.74, 6) is 0.791. The number of methoxy groups -OCH3 is 1. The van der Waals surface area contributed by atoms with Gasteiger partial charge in [0, 0.05) is 44.2 Å². The lowest BCUT2D eigenvalue weighted by Crippen LogP contribution is -2.47. The molecule has 132 valence electrons. The van der Waals surface area contributed by atoms with Gasteiger partial charge in [0.1, 0.15) is 0 Å². The zero-order valence-electron chi connectivity index (χ0n) is 14.6. The molecule has 1 spiro atoms. The van der Waals surface area contributed by atoms with E-state index in [1.165, 1.54) is 0 Å². The molecular weight excluding hydrogens is 324 g/mol. The van der Waals surface area contributed by atoms with E-state index in [1.807, 2.05) is 29.2 Å². The first-order valence-corrected chi connectivity index (χ1v) is 9.10. The largest absolute Gasteiger partial charge is 0.384 e. The van der Waals surface area contributed by atoms with Gasteiger partial charge in [-0.2, -0.15) is 0 Å². The lowest BCUT2D eigenvalue weighted by Gasteiger charge is -2.42. The van der Waals surface area contributed by atoms with Crippen molar-refractivity contribution in [2.45, 2.75) is 19.3 Å². The van der Waals surface area contributed by atoms with Crippen molar-refractivity contribution in [3.05, 3.63) is 34.9 Å². The summed E-state index contributed by atoms with van der Waals surface area (Å²) in [4.78, 5) is 17.0. The van der Waals surface area contributed by atoms with Gasteiger partial charge < -0.3 is 14.5 Å². The Labute approximate surface area is 149 Å². The second-order valence-electron chi connectivity index (χ2n) is 7.40. The van der Waals surface area contributed by atoms with Crippen LogP contribution in [0.4, 0.5) is 0 Å². The molecule has 2 heterocycles. The first-order valence-electron chi connectivity index (χ1n) is 8.72. The first kappa shape index (κ1) is 17.7. The molecule has 5 heteroatoms. The number of rotatable bonds is 4. The van der Waals surface area contributed by atoms with Crippen LogP contribution in [0.3, 0.4) is 0 Å². The van der Waals surface area contributed by atoms with Crippen molar-refractivity contribution < 1.29 is 9.53 Å². The van der Waals surface area contributed by atoms with Crippen molar-refractivity contribution in [2.24, 2.45) is 11.3 Å². The highest BCUT2D eigenvalue weighted by Crippen LogP contribution is 2.44. The fraction of sp³-hybridized carbons (Fsp3) is 0.632. The van der Waals surface area contributed by atoms with E-state index >= 15 is 0 Å². The fourth-order valence-corrected chi connectivity index (χ4v) is 4.65. The van der Waals surface area contributed by atoms with E-state index in [2.05, 4.69) is 11.9 Å². The van der Waals surface area contributed by atoms with E-state index in [1.54, 1.807) is 7.11 Å². The van der Waals surface area contributed by atoms with Gasteiger partial charge in [-0.1, -0.05) is 23.7 Å². The normalized spacial score (nSPS) is 23.8. The Kier molecular flexibility index (Phi) is 5.48. The Bertz CT molecular complexity index is 584. The van der Waals surface area contributed by atoms with Crippen LogP contribution in [0.1, 0.15) is 18.4 Å². The number of benzene rings is 1. The summed E-state index contributed by atoms with van der Waals surface area (Å²) in [6.45, 7) is 4.75. The minimum atomic E-state index is 0.210. The van der Waals surface area contributed by atoms with E-state index < -0.39 is 0 Å². The van der Waals surface area contributed by atoms with E-state index in [0.717, 1.165) is 51.2 Å². The average Bonchev–Trinajstić information content (AvgIpc) is 2.83. The smallest absolute Gasteiger partial charge is 0.226 e. The van der Waals surface area contributed by atoms with Crippen LogP contribution in [0.25, 0.3) is 0 Å². The van der Waals surface area contributed by atoms with E-state index in [4.69, 9.17) is 16.3 Å². The van der Waals surface area contributed by atoms with Crippen molar-refractivity contribution in [1.29, 1.82) is 0 Å². The molecule has 0 aromatic heterocycles. The van der Waals surface area contributed by atoms with E-state index in [0.29, 0.717) is 22.8 Å². The molecule has 1 aromatic rings. The zero-order valence-corrected chi connectivity index (χ0v) is 15.4. The lowest BCUT2D eigenvalue weighted by atomic mass is 9.71. The van der Waals surface area contributed by atoms with Gasteiger partial charge >= 0.3 is 0 Å². The van der Waals surface area contributed by atoms with Crippen LogP contribution in [-0.2, 0) is 16.0 Å². The Morgan fingerprint density at radius 2 is 2.12 bits per heavy atom. The number of hydrogen-bond acceptors (Lipinski definition) is 3. The molecule has 0 saturated carbocycles. The Balaban J connectivity index is 1.59. The molecule has 1 unspecified atom stereocenters. The van der Waals surface area contributed by atoms with Crippen LogP contribution >= 0.6 is 11.6 Å². The van der Waals surface area contributed by atoms with Crippen LogP contribution in [0.5, 0.6) is 0 Å². The third-order valence-electron chi connectivity index (χ3n) is 5.71. The third kappa shape index (κ3) is 3.76. The molecule has 4 nitrogen and oxygen atoms in total. The molecule has 2 saturated heterocycles. The molecule has 0 aliphatic carbocycles. The summed E-state index contributed by atoms with van der Waals surface area (Å²) >= 11 is 6.01. The Morgan fingerprint density at radius 3 is 2.79 bits per heavy atom. The molecular formula is C19H27ClN2O2. The van der Waals surface area contributed by atoms with Gasteiger partial charge in [0.25, 0.3) is 0 Å². The lowest BCUT2D eigenvalue weighted by molar-refractivity contribution is -0.133. The van der Waals surface area contributed by atoms with Crippen LogP contribution in [-0.4, -0.2) is 62.7 Å². The number of halogens is 1. The molecule has 1 amide bonds. The van der Waals surface area contributed by atoms with Crippen LogP contribution < -0.4 is 0 Å². The predicted molar refractivity (Wildman–Crippen MR) is 96.3 cm³/mol. The molecule has 2 aliphatic heterocycles. The molecule has 0 N–H and O–H groups in total. The highest BCUT2D eigenvalue weighted by Gasteiger charge is 2.47. The maximum Gasteiger partial charge on any atom is 0.226 e. The van der Waals surface area contributed by atoms with Gasteiger partial charge in [-0.25, -0.2) is 0 Å². The molecule has 24 heavy (non-hydrogen) atoms. The van der Waals surface area contributed by atoms with Gasteiger partial charge in [0.2, 0.25) is 5.91 Å². The molecule has 2 aliphatic rings. The number of piperidine rings is 1. The van der Waals surface area contributed by atoms with Crippen LogP contribution in [0.2, 0.25) is 5.02 Å². The minimum Gasteiger partial charge on any atom is -0.384 e. The monoisotopic (exact) mass is 350 g/mol. The highest BCUT2D eigenvalue weighted by atomic mass is 35.5. The summed E-state index contributed by atoms with van der Waals surface area (Å²) in [5, 5.41) is 0.689. The number of carbonyl (C=O) groups is 1. The zero-order chi connectivity index (χ0) is 17.2. The number of amides is 1. The second kappa shape index (κ2) is 7.42. The Morgan fingerprint density at radius 1 is 1.38 bits per heavy atom. The number of nitrogens with zero attached hydrogens (tertiary/aromatic N) is 2. The van der Waals surface area contributed by atoms with Gasteiger partial charge in [-0.15, -0.1) is 0 Å². The molecule has 0 bridgehead atoms. The van der Waals surface area contributed by atoms with Gasteiger partial charge in [-0.05, 0) is 43.0 Å². The molecule has 3 rings (SSSR count). The summed E-state index contributed by atoms with van der Waals surface area (Å²) in [6.07, 6.45) is 2.59. The first-order chi connectivity index (χ1) is 11.5. The minimum absolute atomic E-state index is 0.210. The van der Waals surface area contributed by atoms with Crippen molar-refractivity contribution in [2.75, 3.05) is 46.9 Å². The second-order valence-corrected chi connectivity index (χ2v) is 7.84. The van der Waals surface area contributed by atoms with Crippen molar-refractivity contribution in [3.63, 3.8) is 0 Å². The number of likely N-dealkylation sites (tertiary alicyclic amines) is 2. The van der Waals surface area contributed by atoms with Gasteiger partial charge in [0.15, 0.2) is 0 Å². The van der Waals surface area contributed by atoms with Gasteiger partial charge in [-0.3, -0.25) is 4.79 Å². The quantitative estimate of drug-likeness (QED) is 0.837. The van der Waals surface area contributed by atoms with Crippen molar-refractivity contribution >= 4 is 17.5 Å². The van der Waals surface area contributed by atoms with E-state index in [9.17, 15) is 4.79 Å². The van der Waals surface area contributed by atoms with Crippen LogP contribution in [0.15, 0.2) is 24.3 Å². The van der Waals surface area contributed by atoms with Crippen molar-refractivity contribution in [1.82, 2.24) is 9.80 Å².